The van der Waals surface area contributed by atoms with Crippen LogP contribution in [0.2, 0.25) is 0 Å². The van der Waals surface area contributed by atoms with Crippen LogP contribution in [-0.2, 0) is 4.79 Å². The summed E-state index contributed by atoms with van der Waals surface area (Å²) in [5, 5.41) is 2.68. The van der Waals surface area contributed by atoms with Crippen molar-refractivity contribution in [2.24, 2.45) is 0 Å². The molecule has 0 aliphatic carbocycles. The van der Waals surface area contributed by atoms with Gasteiger partial charge in [0.25, 0.3) is 0 Å². The third-order valence-electron chi connectivity index (χ3n) is 3.49. The van der Waals surface area contributed by atoms with Crippen molar-refractivity contribution >= 4 is 6.41 Å². The predicted octanol–water partition coefficient (Wildman–Crippen LogP) is 2.72. The molecule has 2 aromatic carbocycles. The third-order valence-corrected chi connectivity index (χ3v) is 3.49. The van der Waals surface area contributed by atoms with Gasteiger partial charge in [0.1, 0.15) is 5.82 Å². The number of carbonyl (C=O) groups excluding carboxylic acids is 1. The fourth-order valence-corrected chi connectivity index (χ4v) is 2.36. The standard InChI is InChI=1S/C17H18FNO3/c1-21-16-8-5-13(9-17(16)22-2)15(10-19-11-20)12-3-6-14(18)7-4-12/h3-9,11,15H,10H2,1-2H3,(H,19,20)/t15-/m0/s1. The maximum Gasteiger partial charge on any atom is 0.207 e. The molecule has 4 nitrogen and oxygen atoms in total. The monoisotopic (exact) mass is 303 g/mol. The van der Waals surface area contributed by atoms with Gasteiger partial charge in [-0.1, -0.05) is 18.2 Å². The first-order chi connectivity index (χ1) is 10.7. The van der Waals surface area contributed by atoms with Gasteiger partial charge in [-0.3, -0.25) is 4.79 Å². The Balaban J connectivity index is 2.40. The number of rotatable bonds is 7. The molecule has 116 valence electrons. The van der Waals surface area contributed by atoms with E-state index >= 15 is 0 Å². The third kappa shape index (κ3) is 3.55. The van der Waals surface area contributed by atoms with Gasteiger partial charge in [-0.15, -0.1) is 0 Å². The van der Waals surface area contributed by atoms with E-state index in [2.05, 4.69) is 5.32 Å². The highest BCUT2D eigenvalue weighted by molar-refractivity contribution is 5.49. The second-order valence-electron chi connectivity index (χ2n) is 4.74. The van der Waals surface area contributed by atoms with Gasteiger partial charge < -0.3 is 14.8 Å². The van der Waals surface area contributed by atoms with E-state index in [0.717, 1.165) is 11.1 Å². The van der Waals surface area contributed by atoms with Crippen molar-refractivity contribution in [1.29, 1.82) is 0 Å². The van der Waals surface area contributed by atoms with Crippen LogP contribution in [0, 0.1) is 5.82 Å². The zero-order chi connectivity index (χ0) is 15.9. The van der Waals surface area contributed by atoms with E-state index in [-0.39, 0.29) is 11.7 Å². The molecule has 0 radical (unpaired) electrons. The first-order valence-corrected chi connectivity index (χ1v) is 6.84. The lowest BCUT2D eigenvalue weighted by Gasteiger charge is -2.19. The van der Waals surface area contributed by atoms with Crippen LogP contribution in [-0.4, -0.2) is 27.2 Å². The molecule has 0 saturated heterocycles. The summed E-state index contributed by atoms with van der Waals surface area (Å²) in [5.74, 6) is 0.842. The van der Waals surface area contributed by atoms with Crippen LogP contribution in [0.4, 0.5) is 4.39 Å². The van der Waals surface area contributed by atoms with Crippen molar-refractivity contribution in [2.75, 3.05) is 20.8 Å². The van der Waals surface area contributed by atoms with Crippen LogP contribution in [0.5, 0.6) is 11.5 Å². The molecule has 0 aromatic heterocycles. The summed E-state index contributed by atoms with van der Waals surface area (Å²) >= 11 is 0. The van der Waals surface area contributed by atoms with Gasteiger partial charge in [0, 0.05) is 12.5 Å². The van der Waals surface area contributed by atoms with Crippen molar-refractivity contribution in [3.8, 4) is 11.5 Å². The van der Waals surface area contributed by atoms with Crippen molar-refractivity contribution in [3.05, 3.63) is 59.4 Å². The number of benzene rings is 2. The lowest BCUT2D eigenvalue weighted by Crippen LogP contribution is -2.21. The fourth-order valence-electron chi connectivity index (χ4n) is 2.36. The lowest BCUT2D eigenvalue weighted by atomic mass is 9.91. The normalized spacial score (nSPS) is 11.6. The number of methoxy groups -OCH3 is 2. The zero-order valence-electron chi connectivity index (χ0n) is 12.5. The van der Waals surface area contributed by atoms with Gasteiger partial charge in [-0.25, -0.2) is 4.39 Å². The van der Waals surface area contributed by atoms with Crippen molar-refractivity contribution in [3.63, 3.8) is 0 Å². The average Bonchev–Trinajstić information content (AvgIpc) is 2.56. The molecule has 2 rings (SSSR count). The number of nitrogens with one attached hydrogen (secondary N) is 1. The summed E-state index contributed by atoms with van der Waals surface area (Å²) in [4.78, 5) is 10.6. The molecule has 0 bridgehead atoms. The van der Waals surface area contributed by atoms with Crippen molar-refractivity contribution in [2.45, 2.75) is 5.92 Å². The molecule has 1 amide bonds. The molecule has 2 aromatic rings. The molecule has 0 unspecified atom stereocenters. The summed E-state index contributed by atoms with van der Waals surface area (Å²) in [5.41, 5.74) is 1.85. The number of ether oxygens (including phenoxy) is 2. The second-order valence-corrected chi connectivity index (χ2v) is 4.74. The SMILES string of the molecule is COc1ccc([C@@H](CNC=O)c2ccc(F)cc2)cc1OC. The Labute approximate surface area is 128 Å². The van der Waals surface area contributed by atoms with E-state index in [4.69, 9.17) is 9.47 Å². The number of carbonyl (C=O) groups is 1. The molecule has 22 heavy (non-hydrogen) atoms. The quantitative estimate of drug-likeness (QED) is 0.800. The molecule has 0 aliphatic rings. The minimum atomic E-state index is -0.293. The van der Waals surface area contributed by atoms with E-state index in [1.54, 1.807) is 26.4 Å². The molecule has 0 aliphatic heterocycles. The smallest absolute Gasteiger partial charge is 0.207 e. The van der Waals surface area contributed by atoms with E-state index < -0.39 is 0 Å². The van der Waals surface area contributed by atoms with Crippen LogP contribution in [0.25, 0.3) is 0 Å². The minimum Gasteiger partial charge on any atom is -0.493 e. The highest BCUT2D eigenvalue weighted by Crippen LogP contribution is 2.33. The van der Waals surface area contributed by atoms with Gasteiger partial charge >= 0.3 is 0 Å². The van der Waals surface area contributed by atoms with Crippen molar-refractivity contribution < 1.29 is 18.7 Å². The van der Waals surface area contributed by atoms with Crippen LogP contribution >= 0.6 is 0 Å². The van der Waals surface area contributed by atoms with Gasteiger partial charge in [-0.2, -0.15) is 0 Å². The number of hydrogen-bond donors (Lipinski definition) is 1. The topological polar surface area (TPSA) is 47.6 Å². The lowest BCUT2D eigenvalue weighted by molar-refractivity contribution is -0.109. The number of amides is 1. The highest BCUT2D eigenvalue weighted by Gasteiger charge is 2.16. The summed E-state index contributed by atoms with van der Waals surface area (Å²) in [6.07, 6.45) is 0.650. The predicted molar refractivity (Wildman–Crippen MR) is 81.9 cm³/mol. The van der Waals surface area contributed by atoms with Gasteiger partial charge in [0.15, 0.2) is 11.5 Å². The summed E-state index contributed by atoms with van der Waals surface area (Å²) < 4.78 is 23.7. The molecule has 1 N–H and O–H groups in total. The summed E-state index contributed by atoms with van der Waals surface area (Å²) in [6.45, 7) is 0.407. The molecule has 0 spiro atoms. The minimum absolute atomic E-state index is 0.106. The van der Waals surface area contributed by atoms with Gasteiger partial charge in [-0.05, 0) is 35.4 Å². The molecule has 0 saturated carbocycles. The summed E-state index contributed by atoms with van der Waals surface area (Å²) in [6, 6.07) is 11.8. The van der Waals surface area contributed by atoms with Gasteiger partial charge in [0.05, 0.1) is 14.2 Å². The second kappa shape index (κ2) is 7.45. The van der Waals surface area contributed by atoms with E-state index in [1.807, 2.05) is 18.2 Å². The maximum absolute atomic E-state index is 13.1. The molecular weight excluding hydrogens is 285 g/mol. The van der Waals surface area contributed by atoms with Crippen molar-refractivity contribution in [1.82, 2.24) is 5.32 Å². The number of hydrogen-bond acceptors (Lipinski definition) is 3. The molecule has 5 heteroatoms. The average molecular weight is 303 g/mol. The van der Waals surface area contributed by atoms with Crippen LogP contribution < -0.4 is 14.8 Å². The fraction of sp³-hybridized carbons (Fsp3) is 0.235. The van der Waals surface area contributed by atoms with E-state index in [1.165, 1.54) is 12.1 Å². The van der Waals surface area contributed by atoms with Crippen LogP contribution in [0.1, 0.15) is 17.0 Å². The number of halogens is 1. The Morgan fingerprint density at radius 3 is 2.27 bits per heavy atom. The largest absolute Gasteiger partial charge is 0.493 e. The Kier molecular flexibility index (Phi) is 5.36. The van der Waals surface area contributed by atoms with Gasteiger partial charge in [0.2, 0.25) is 6.41 Å². The van der Waals surface area contributed by atoms with E-state index in [0.29, 0.717) is 24.5 Å². The summed E-state index contributed by atoms with van der Waals surface area (Å²) in [7, 11) is 3.14. The maximum atomic E-state index is 13.1. The Bertz CT molecular complexity index is 628. The molecule has 0 fully saturated rings. The Morgan fingerprint density at radius 1 is 1.05 bits per heavy atom. The van der Waals surface area contributed by atoms with E-state index in [9.17, 15) is 9.18 Å². The molecule has 1 atom stereocenters. The first kappa shape index (κ1) is 15.8. The molecule has 0 heterocycles. The Morgan fingerprint density at radius 2 is 1.68 bits per heavy atom. The zero-order valence-corrected chi connectivity index (χ0v) is 12.5. The van der Waals surface area contributed by atoms with Crippen LogP contribution in [0.15, 0.2) is 42.5 Å². The first-order valence-electron chi connectivity index (χ1n) is 6.84. The molecular formula is C17H18FNO3. The Hall–Kier alpha value is -2.56. The highest BCUT2D eigenvalue weighted by atomic mass is 19.1. The van der Waals surface area contributed by atoms with Crippen LogP contribution in [0.3, 0.4) is 0 Å².